The zero-order valence-electron chi connectivity index (χ0n) is 17.4. The Morgan fingerprint density at radius 2 is 1.89 bits per heavy atom. The van der Waals surface area contributed by atoms with Crippen LogP contribution in [-0.4, -0.2) is 43.1 Å². The molecule has 5 nitrogen and oxygen atoms in total. The second-order valence-corrected chi connectivity index (χ2v) is 7.44. The molecule has 2 atom stereocenters. The molecule has 1 amide bonds. The van der Waals surface area contributed by atoms with Crippen LogP contribution in [0.1, 0.15) is 57.9 Å². The van der Waals surface area contributed by atoms with E-state index in [4.69, 9.17) is 9.47 Å². The van der Waals surface area contributed by atoms with Crippen LogP contribution < -0.4 is 4.74 Å². The predicted molar refractivity (Wildman–Crippen MR) is 111 cm³/mol. The van der Waals surface area contributed by atoms with Crippen LogP contribution in [0.5, 0.6) is 5.75 Å². The van der Waals surface area contributed by atoms with Crippen LogP contribution in [0.25, 0.3) is 6.08 Å². The molecule has 1 aromatic carbocycles. The Bertz CT molecular complexity index is 653. The van der Waals surface area contributed by atoms with Gasteiger partial charge in [-0.1, -0.05) is 38.8 Å². The summed E-state index contributed by atoms with van der Waals surface area (Å²) in [5, 5.41) is 0. The maximum absolute atomic E-state index is 12.9. The number of esters is 1. The first kappa shape index (κ1) is 22.0. The fraction of sp³-hybridized carbons (Fsp3) is 0.565. The van der Waals surface area contributed by atoms with Crippen molar-refractivity contribution in [3.8, 4) is 5.75 Å². The molecule has 0 aromatic heterocycles. The molecule has 1 aliphatic carbocycles. The fourth-order valence-electron chi connectivity index (χ4n) is 3.67. The number of ether oxygens (including phenoxy) is 2. The highest BCUT2D eigenvalue weighted by atomic mass is 16.5. The summed E-state index contributed by atoms with van der Waals surface area (Å²) in [7, 11) is 1.38. The summed E-state index contributed by atoms with van der Waals surface area (Å²) < 4.78 is 10.3. The van der Waals surface area contributed by atoms with Crippen molar-refractivity contribution in [2.75, 3.05) is 20.3 Å². The number of rotatable bonds is 9. The molecule has 2 rings (SSSR count). The first-order valence-electron chi connectivity index (χ1n) is 10.3. The van der Waals surface area contributed by atoms with E-state index in [0.29, 0.717) is 19.1 Å². The molecule has 0 spiro atoms. The maximum Gasteiger partial charge on any atom is 0.307 e. The highest BCUT2D eigenvalue weighted by molar-refractivity contribution is 5.92. The molecular weight excluding hydrogens is 354 g/mol. The van der Waals surface area contributed by atoms with Gasteiger partial charge in [-0.25, -0.2) is 0 Å². The minimum absolute atomic E-state index is 0.0473. The largest absolute Gasteiger partial charge is 0.494 e. The second kappa shape index (κ2) is 11.5. The number of carbonyl (C=O) groups excluding carboxylic acids is 2. The second-order valence-electron chi connectivity index (χ2n) is 7.44. The average Bonchev–Trinajstić information content (AvgIpc) is 2.72. The van der Waals surface area contributed by atoms with Gasteiger partial charge in [0.15, 0.2) is 0 Å². The normalized spacial score (nSPS) is 19.4. The first-order valence-corrected chi connectivity index (χ1v) is 10.3. The SMILES string of the molecule is CCCOc1ccc(/C=C/C(=O)N(CCC(=O)OC)C2CCCCC2C)cc1. The van der Waals surface area contributed by atoms with Gasteiger partial charge in [-0.2, -0.15) is 0 Å². The van der Waals surface area contributed by atoms with Gasteiger partial charge in [0.05, 0.1) is 20.1 Å². The van der Waals surface area contributed by atoms with Gasteiger partial charge in [-0.05, 0) is 49.0 Å². The van der Waals surface area contributed by atoms with E-state index < -0.39 is 0 Å². The van der Waals surface area contributed by atoms with Crippen LogP contribution in [0, 0.1) is 5.92 Å². The summed E-state index contributed by atoms with van der Waals surface area (Å²) in [6.45, 7) is 5.36. The minimum Gasteiger partial charge on any atom is -0.494 e. The molecular formula is C23H33NO4. The molecule has 154 valence electrons. The van der Waals surface area contributed by atoms with Crippen molar-refractivity contribution in [3.05, 3.63) is 35.9 Å². The lowest BCUT2D eigenvalue weighted by Gasteiger charge is -2.38. The number of amides is 1. The lowest BCUT2D eigenvalue weighted by atomic mass is 9.84. The molecule has 1 aromatic rings. The summed E-state index contributed by atoms with van der Waals surface area (Å²) in [6.07, 6.45) is 9.07. The van der Waals surface area contributed by atoms with Gasteiger partial charge in [0, 0.05) is 18.7 Å². The average molecular weight is 388 g/mol. The Balaban J connectivity index is 2.05. The van der Waals surface area contributed by atoms with Crippen molar-refractivity contribution in [3.63, 3.8) is 0 Å². The van der Waals surface area contributed by atoms with Crippen molar-refractivity contribution >= 4 is 18.0 Å². The third kappa shape index (κ3) is 6.70. The first-order chi connectivity index (χ1) is 13.5. The van der Waals surface area contributed by atoms with E-state index in [-0.39, 0.29) is 24.3 Å². The van der Waals surface area contributed by atoms with Gasteiger partial charge in [0.2, 0.25) is 5.91 Å². The summed E-state index contributed by atoms with van der Waals surface area (Å²) in [5.74, 6) is 0.946. The number of benzene rings is 1. The molecule has 2 unspecified atom stereocenters. The van der Waals surface area contributed by atoms with Gasteiger partial charge < -0.3 is 14.4 Å². The Kier molecular flexibility index (Phi) is 9.05. The van der Waals surface area contributed by atoms with Crippen LogP contribution in [0.4, 0.5) is 0 Å². The predicted octanol–water partition coefficient (Wildman–Crippen LogP) is 4.46. The Morgan fingerprint density at radius 1 is 1.18 bits per heavy atom. The van der Waals surface area contributed by atoms with Gasteiger partial charge in [0.25, 0.3) is 0 Å². The van der Waals surface area contributed by atoms with Gasteiger partial charge in [-0.15, -0.1) is 0 Å². The minimum atomic E-state index is -0.284. The molecule has 1 fully saturated rings. The van der Waals surface area contributed by atoms with E-state index in [1.54, 1.807) is 6.08 Å². The molecule has 1 saturated carbocycles. The molecule has 0 radical (unpaired) electrons. The van der Waals surface area contributed by atoms with E-state index in [1.165, 1.54) is 13.5 Å². The molecule has 5 heteroatoms. The maximum atomic E-state index is 12.9. The number of hydrogen-bond donors (Lipinski definition) is 0. The van der Waals surface area contributed by atoms with Crippen LogP contribution >= 0.6 is 0 Å². The quantitative estimate of drug-likeness (QED) is 0.464. The zero-order chi connectivity index (χ0) is 20.4. The molecule has 1 aliphatic rings. The van der Waals surface area contributed by atoms with Gasteiger partial charge in [-0.3, -0.25) is 9.59 Å². The summed E-state index contributed by atoms with van der Waals surface area (Å²) >= 11 is 0. The molecule has 0 saturated heterocycles. The standard InChI is InChI=1S/C23H33NO4/c1-4-17-28-20-12-9-19(10-13-20)11-14-22(25)24(16-15-23(26)27-3)21-8-6-5-7-18(21)2/h9-14,18,21H,4-8,15-17H2,1-3H3/b14-11+. The van der Waals surface area contributed by atoms with E-state index in [0.717, 1.165) is 37.0 Å². The van der Waals surface area contributed by atoms with Crippen LogP contribution in [0.2, 0.25) is 0 Å². The van der Waals surface area contributed by atoms with Gasteiger partial charge in [0.1, 0.15) is 5.75 Å². The monoisotopic (exact) mass is 387 g/mol. The Labute approximate surface area is 168 Å². The topological polar surface area (TPSA) is 55.8 Å². The van der Waals surface area contributed by atoms with E-state index >= 15 is 0 Å². The lowest BCUT2D eigenvalue weighted by molar-refractivity contribution is -0.142. The highest BCUT2D eigenvalue weighted by Crippen LogP contribution is 2.28. The highest BCUT2D eigenvalue weighted by Gasteiger charge is 2.29. The molecule has 28 heavy (non-hydrogen) atoms. The van der Waals surface area contributed by atoms with Crippen molar-refractivity contribution in [2.45, 2.75) is 58.4 Å². The van der Waals surface area contributed by atoms with E-state index in [9.17, 15) is 9.59 Å². The zero-order valence-corrected chi connectivity index (χ0v) is 17.4. The smallest absolute Gasteiger partial charge is 0.307 e. The van der Waals surface area contributed by atoms with Crippen LogP contribution in [-0.2, 0) is 14.3 Å². The fourth-order valence-corrected chi connectivity index (χ4v) is 3.67. The summed E-state index contributed by atoms with van der Waals surface area (Å²) in [4.78, 5) is 26.4. The molecule has 0 N–H and O–H groups in total. The van der Waals surface area contributed by atoms with Crippen molar-refractivity contribution < 1.29 is 19.1 Å². The van der Waals surface area contributed by atoms with Crippen molar-refractivity contribution in [1.82, 2.24) is 4.90 Å². The van der Waals surface area contributed by atoms with E-state index in [2.05, 4.69) is 13.8 Å². The van der Waals surface area contributed by atoms with Crippen LogP contribution in [0.3, 0.4) is 0 Å². The van der Waals surface area contributed by atoms with E-state index in [1.807, 2.05) is 35.2 Å². The van der Waals surface area contributed by atoms with Crippen molar-refractivity contribution in [2.24, 2.45) is 5.92 Å². The number of carbonyl (C=O) groups is 2. The number of nitrogens with zero attached hydrogens (tertiary/aromatic N) is 1. The van der Waals surface area contributed by atoms with Crippen molar-refractivity contribution in [1.29, 1.82) is 0 Å². The molecule has 0 aliphatic heterocycles. The molecule has 0 bridgehead atoms. The Hall–Kier alpha value is -2.30. The Morgan fingerprint density at radius 3 is 2.54 bits per heavy atom. The number of hydrogen-bond acceptors (Lipinski definition) is 4. The van der Waals surface area contributed by atoms with Gasteiger partial charge >= 0.3 is 5.97 Å². The third-order valence-corrected chi connectivity index (χ3v) is 5.31. The summed E-state index contributed by atoms with van der Waals surface area (Å²) in [5.41, 5.74) is 0.946. The van der Waals surface area contributed by atoms with Crippen LogP contribution in [0.15, 0.2) is 30.3 Å². The summed E-state index contributed by atoms with van der Waals surface area (Å²) in [6, 6.07) is 7.89. The molecule has 0 heterocycles. The lowest BCUT2D eigenvalue weighted by Crippen LogP contribution is -2.45. The number of methoxy groups -OCH3 is 1. The third-order valence-electron chi connectivity index (χ3n) is 5.31.